The number of likely N-dealkylation sites (tertiary alicyclic amines) is 1. The first kappa shape index (κ1) is 23.7. The fraction of sp³-hybridized carbons (Fsp3) is 0.370. The molecule has 35 heavy (non-hydrogen) atoms. The minimum Gasteiger partial charge on any atom is -0.492 e. The predicted molar refractivity (Wildman–Crippen MR) is 144 cm³/mol. The molecule has 0 bridgehead atoms. The second-order valence-corrected chi connectivity index (χ2v) is 10.1. The molecule has 4 aromatic rings. The zero-order valence-corrected chi connectivity index (χ0v) is 21.0. The molecule has 1 saturated heterocycles. The predicted octanol–water partition coefficient (Wildman–Crippen LogP) is 4.76. The highest BCUT2D eigenvalue weighted by Gasteiger charge is 2.12. The van der Waals surface area contributed by atoms with Crippen molar-refractivity contribution in [3.63, 3.8) is 0 Å². The molecule has 1 aromatic carbocycles. The van der Waals surface area contributed by atoms with Gasteiger partial charge >= 0.3 is 0 Å². The minimum absolute atomic E-state index is 0.0665. The lowest BCUT2D eigenvalue weighted by Gasteiger charge is -2.26. The molecule has 1 aliphatic rings. The average molecular weight is 489 g/mol. The highest BCUT2D eigenvalue weighted by atomic mass is 32.1. The maximum atomic E-state index is 5.97. The smallest absolute Gasteiger partial charge is 0.162 e. The summed E-state index contributed by atoms with van der Waals surface area (Å²) in [7, 11) is 0. The zero-order valence-electron chi connectivity index (χ0n) is 20.1. The van der Waals surface area contributed by atoms with Crippen LogP contribution in [0.2, 0.25) is 0 Å². The summed E-state index contributed by atoms with van der Waals surface area (Å²) in [5.41, 5.74) is 10.8. The summed E-state index contributed by atoms with van der Waals surface area (Å²) in [6.45, 7) is 6.70. The molecule has 0 saturated carbocycles. The van der Waals surface area contributed by atoms with Crippen molar-refractivity contribution in [1.82, 2.24) is 19.5 Å². The Morgan fingerprint density at radius 1 is 1.11 bits per heavy atom. The van der Waals surface area contributed by atoms with Crippen LogP contribution in [0.1, 0.15) is 31.1 Å². The Kier molecular flexibility index (Phi) is 7.51. The third-order valence-corrected chi connectivity index (χ3v) is 7.08. The van der Waals surface area contributed by atoms with Crippen molar-refractivity contribution >= 4 is 23.2 Å². The maximum Gasteiger partial charge on any atom is 0.162 e. The lowest BCUT2D eigenvalue weighted by atomic mass is 10.1. The van der Waals surface area contributed by atoms with E-state index in [0.717, 1.165) is 51.7 Å². The molecule has 4 heterocycles. The Bertz CT molecular complexity index is 1270. The van der Waals surface area contributed by atoms with Gasteiger partial charge in [0.05, 0.1) is 12.7 Å². The number of aliphatic imine (C=N–C) groups is 1. The summed E-state index contributed by atoms with van der Waals surface area (Å²) in [6.07, 6.45) is 11.7. The topological polar surface area (TPSA) is 81.0 Å². The minimum atomic E-state index is 0.0665. The normalized spacial score (nSPS) is 15.7. The van der Waals surface area contributed by atoms with Crippen LogP contribution in [-0.2, 0) is 0 Å². The number of piperidine rings is 1. The summed E-state index contributed by atoms with van der Waals surface area (Å²) in [4.78, 5) is 12.7. The van der Waals surface area contributed by atoms with Crippen molar-refractivity contribution in [3.8, 4) is 28.0 Å². The molecule has 3 aromatic heterocycles. The van der Waals surface area contributed by atoms with Crippen molar-refractivity contribution in [2.45, 2.75) is 32.2 Å². The summed E-state index contributed by atoms with van der Waals surface area (Å²) < 4.78 is 7.81. The molecule has 0 radical (unpaired) electrons. The molecule has 1 fully saturated rings. The van der Waals surface area contributed by atoms with Crippen LogP contribution in [0.3, 0.4) is 0 Å². The molecular formula is C27H32N6OS. The van der Waals surface area contributed by atoms with E-state index < -0.39 is 0 Å². The molecule has 7 nitrogen and oxygen atoms in total. The highest BCUT2D eigenvalue weighted by molar-refractivity contribution is 7.12. The summed E-state index contributed by atoms with van der Waals surface area (Å²) in [6, 6.07) is 10.4. The Labute approximate surface area is 210 Å². The van der Waals surface area contributed by atoms with Crippen LogP contribution in [0.5, 0.6) is 5.75 Å². The van der Waals surface area contributed by atoms with Gasteiger partial charge in [0.1, 0.15) is 12.4 Å². The van der Waals surface area contributed by atoms with Crippen molar-refractivity contribution in [2.24, 2.45) is 10.7 Å². The molecule has 8 heteroatoms. The standard InChI is InChI=1S/C27H32N6OS/c1-20(28)14-29-16-25-13-22(19-35-25)26-17-31-33-18-23(15-30-27(26)33)21-5-7-24(8-6-21)34-12-11-32-9-3-2-4-10-32/h5-8,13,15-20H,2-4,9-12,14,28H2,1H3. The van der Waals surface area contributed by atoms with Gasteiger partial charge in [0, 0.05) is 47.2 Å². The summed E-state index contributed by atoms with van der Waals surface area (Å²) >= 11 is 1.65. The number of nitrogens with zero attached hydrogens (tertiary/aromatic N) is 5. The first-order valence-electron chi connectivity index (χ1n) is 12.3. The first-order chi connectivity index (χ1) is 17.2. The molecule has 0 aliphatic carbocycles. The molecular weight excluding hydrogens is 456 g/mol. The number of benzene rings is 1. The van der Waals surface area contributed by atoms with Gasteiger partial charge in [-0.15, -0.1) is 11.3 Å². The van der Waals surface area contributed by atoms with Crippen LogP contribution in [0.4, 0.5) is 0 Å². The van der Waals surface area contributed by atoms with Crippen LogP contribution in [-0.4, -0.2) is 64.5 Å². The molecule has 1 aliphatic heterocycles. The van der Waals surface area contributed by atoms with E-state index in [4.69, 9.17) is 15.5 Å². The Balaban J connectivity index is 1.24. The van der Waals surface area contributed by atoms with Gasteiger partial charge in [0.2, 0.25) is 0 Å². The van der Waals surface area contributed by atoms with E-state index in [0.29, 0.717) is 6.54 Å². The quantitative estimate of drug-likeness (QED) is 0.344. The third-order valence-electron chi connectivity index (χ3n) is 6.21. The zero-order chi connectivity index (χ0) is 24.0. The first-order valence-corrected chi connectivity index (χ1v) is 13.2. The monoisotopic (exact) mass is 488 g/mol. The van der Waals surface area contributed by atoms with E-state index in [-0.39, 0.29) is 6.04 Å². The number of fused-ring (bicyclic) bond motifs is 1. The second-order valence-electron chi connectivity index (χ2n) is 9.15. The average Bonchev–Trinajstić information content (AvgIpc) is 3.51. The van der Waals surface area contributed by atoms with Gasteiger partial charge < -0.3 is 10.5 Å². The van der Waals surface area contributed by atoms with Gasteiger partial charge in [-0.3, -0.25) is 9.89 Å². The Morgan fingerprint density at radius 3 is 2.74 bits per heavy atom. The van der Waals surface area contributed by atoms with Crippen LogP contribution >= 0.6 is 11.3 Å². The van der Waals surface area contributed by atoms with Crippen LogP contribution < -0.4 is 10.5 Å². The van der Waals surface area contributed by atoms with Gasteiger partial charge in [-0.1, -0.05) is 18.6 Å². The molecule has 182 valence electrons. The molecule has 5 rings (SSSR count). The Hall–Kier alpha value is -3.07. The van der Waals surface area contributed by atoms with Gasteiger partial charge in [-0.2, -0.15) is 5.10 Å². The van der Waals surface area contributed by atoms with Gasteiger partial charge in [0.15, 0.2) is 5.65 Å². The van der Waals surface area contributed by atoms with Crippen LogP contribution in [0.25, 0.3) is 27.9 Å². The number of nitrogens with two attached hydrogens (primary N) is 1. The highest BCUT2D eigenvalue weighted by Crippen LogP contribution is 2.29. The van der Waals surface area contributed by atoms with E-state index in [2.05, 4.69) is 38.6 Å². The second kappa shape index (κ2) is 11.1. The van der Waals surface area contributed by atoms with Crippen molar-refractivity contribution in [3.05, 3.63) is 59.2 Å². The SMILES string of the molecule is CC(N)CN=Cc1cc(-c2cnn3cc(-c4ccc(OCCN5CCCCC5)cc4)cnc23)cs1. The largest absolute Gasteiger partial charge is 0.492 e. The van der Waals surface area contributed by atoms with E-state index in [1.54, 1.807) is 11.3 Å². The molecule has 0 spiro atoms. The van der Waals surface area contributed by atoms with Crippen LogP contribution in [0, 0.1) is 0 Å². The summed E-state index contributed by atoms with van der Waals surface area (Å²) in [5, 5.41) is 6.67. The number of ether oxygens (including phenoxy) is 1. The lowest BCUT2D eigenvalue weighted by molar-refractivity contribution is 0.183. The number of thiophene rings is 1. The summed E-state index contributed by atoms with van der Waals surface area (Å²) in [5.74, 6) is 0.902. The van der Waals surface area contributed by atoms with Crippen molar-refractivity contribution in [1.29, 1.82) is 0 Å². The molecule has 1 atom stereocenters. The van der Waals surface area contributed by atoms with E-state index in [9.17, 15) is 0 Å². The van der Waals surface area contributed by atoms with Gasteiger partial charge in [-0.05, 0) is 67.6 Å². The number of hydrogen-bond donors (Lipinski definition) is 1. The Morgan fingerprint density at radius 2 is 1.94 bits per heavy atom. The molecule has 2 N–H and O–H groups in total. The fourth-order valence-electron chi connectivity index (χ4n) is 4.32. The number of rotatable bonds is 9. The molecule has 0 amide bonds. The van der Waals surface area contributed by atoms with Crippen LogP contribution in [0.15, 0.2) is 59.3 Å². The van der Waals surface area contributed by atoms with Gasteiger partial charge in [-0.25, -0.2) is 9.50 Å². The lowest BCUT2D eigenvalue weighted by Crippen LogP contribution is -2.33. The van der Waals surface area contributed by atoms with E-state index >= 15 is 0 Å². The van der Waals surface area contributed by atoms with Gasteiger partial charge in [0.25, 0.3) is 0 Å². The molecule has 1 unspecified atom stereocenters. The fourth-order valence-corrected chi connectivity index (χ4v) is 5.11. The van der Waals surface area contributed by atoms with Crippen molar-refractivity contribution in [2.75, 3.05) is 32.8 Å². The number of aromatic nitrogens is 3. The third kappa shape index (κ3) is 5.96. The maximum absolute atomic E-state index is 5.97. The van der Waals surface area contributed by atoms with Crippen molar-refractivity contribution < 1.29 is 4.74 Å². The van der Waals surface area contributed by atoms with E-state index in [1.807, 2.05) is 48.4 Å². The van der Waals surface area contributed by atoms with E-state index in [1.165, 1.54) is 32.4 Å². The number of hydrogen-bond acceptors (Lipinski definition) is 7.